The van der Waals surface area contributed by atoms with E-state index in [0.29, 0.717) is 17.4 Å². The molecule has 0 aliphatic heterocycles. The van der Waals surface area contributed by atoms with Crippen LogP contribution in [0, 0.1) is 0 Å². The third kappa shape index (κ3) is 8.49. The number of aliphatic hydroxyl groups excluding tert-OH is 1. The number of carbonyl (C=O) groups excluding carboxylic acids is 2. The number of anilines is 1. The van der Waals surface area contributed by atoms with Crippen molar-refractivity contribution in [3.05, 3.63) is 69.3 Å². The van der Waals surface area contributed by atoms with Crippen molar-refractivity contribution >= 4 is 46.3 Å². The summed E-state index contributed by atoms with van der Waals surface area (Å²) in [4.78, 5) is 81.0. The van der Waals surface area contributed by atoms with Gasteiger partial charge in [0, 0.05) is 30.6 Å². The number of hydrogen-bond donors (Lipinski definition) is 7. The molecule has 1 aliphatic carbocycles. The van der Waals surface area contributed by atoms with Crippen LogP contribution in [0.15, 0.2) is 41.2 Å². The summed E-state index contributed by atoms with van der Waals surface area (Å²) in [5.41, 5.74) is 3.28. The first-order valence-electron chi connectivity index (χ1n) is 15.2. The zero-order valence-electron chi connectivity index (χ0n) is 25.7. The van der Waals surface area contributed by atoms with Gasteiger partial charge >= 0.3 is 17.9 Å². The van der Waals surface area contributed by atoms with Crippen LogP contribution in [0.25, 0.3) is 10.9 Å². The Hall–Kier alpha value is -5.31. The number of fused-ring (bicyclic) bond motifs is 2. The average molecular weight is 652 g/mol. The van der Waals surface area contributed by atoms with Crippen molar-refractivity contribution in [2.24, 2.45) is 0 Å². The number of rotatable bonds is 16. The molecule has 1 heterocycles. The largest absolute Gasteiger partial charge is 0.481 e. The molecule has 15 nitrogen and oxygen atoms in total. The molecule has 2 amide bonds. The molecule has 7 N–H and O–H groups in total. The fourth-order valence-corrected chi connectivity index (χ4v) is 5.74. The maximum absolute atomic E-state index is 13.0. The van der Waals surface area contributed by atoms with Crippen LogP contribution in [0.5, 0.6) is 0 Å². The minimum absolute atomic E-state index is 0.0432. The van der Waals surface area contributed by atoms with E-state index in [4.69, 9.17) is 5.11 Å². The van der Waals surface area contributed by atoms with E-state index in [9.17, 15) is 44.1 Å². The lowest BCUT2D eigenvalue weighted by atomic mass is 10.0. The molecule has 1 aliphatic rings. The second-order valence-electron chi connectivity index (χ2n) is 11.3. The van der Waals surface area contributed by atoms with Crippen LogP contribution in [0.2, 0.25) is 0 Å². The van der Waals surface area contributed by atoms with Crippen molar-refractivity contribution in [3.8, 4) is 0 Å². The topological polar surface area (TPSA) is 239 Å². The van der Waals surface area contributed by atoms with Gasteiger partial charge in [0.25, 0.3) is 11.5 Å². The summed E-state index contributed by atoms with van der Waals surface area (Å²) < 4.78 is 0. The maximum Gasteiger partial charge on any atom is 0.326 e. The number of aromatic amines is 1. The van der Waals surface area contributed by atoms with Crippen molar-refractivity contribution in [2.45, 2.75) is 76.6 Å². The fraction of sp³-hybridized carbons (Fsp3) is 0.406. The molecule has 4 rings (SSSR count). The number of aromatic nitrogens is 2. The number of nitrogens with zero attached hydrogens (tertiary/aromatic N) is 2. The van der Waals surface area contributed by atoms with Crippen molar-refractivity contribution in [1.82, 2.24) is 20.6 Å². The Labute approximate surface area is 268 Å². The number of benzene rings is 2. The summed E-state index contributed by atoms with van der Waals surface area (Å²) in [6.45, 7) is 2.36. The predicted octanol–water partition coefficient (Wildman–Crippen LogP) is 1.72. The number of carboxylic acid groups (broad SMARTS) is 3. The summed E-state index contributed by atoms with van der Waals surface area (Å²) in [7, 11) is 0. The Balaban J connectivity index is 1.44. The van der Waals surface area contributed by atoms with Crippen LogP contribution in [0.3, 0.4) is 0 Å². The lowest BCUT2D eigenvalue weighted by molar-refractivity contribution is -0.143. The van der Waals surface area contributed by atoms with Crippen LogP contribution in [0.1, 0.15) is 78.8 Å². The molecule has 47 heavy (non-hydrogen) atoms. The predicted molar refractivity (Wildman–Crippen MR) is 168 cm³/mol. The van der Waals surface area contributed by atoms with E-state index in [0.717, 1.165) is 36.1 Å². The number of H-pyrrole nitrogens is 1. The highest BCUT2D eigenvalue weighted by Crippen LogP contribution is 2.39. The normalized spacial score (nSPS) is 15.0. The van der Waals surface area contributed by atoms with Gasteiger partial charge in [0.1, 0.15) is 24.5 Å². The van der Waals surface area contributed by atoms with Gasteiger partial charge in [0.15, 0.2) is 0 Å². The van der Waals surface area contributed by atoms with E-state index in [1.165, 1.54) is 0 Å². The highest BCUT2D eigenvalue weighted by atomic mass is 16.4. The molecule has 15 heteroatoms. The standard InChI is InChI=1S/C32H37N5O10/c1-2-13-37(25-10-5-18-14-24-21(15-20(18)25)30(43)36-26(16-38)33-24)19-6-3-17(4-7-19)29(42)35-23(32(46)47)8-11-27(39)34-22(31(44)45)9-12-28(40)41/h3-4,6-7,14-15,22-23,25,38H,2,5,8-13,16H2,1H3,(H,34,39)(H,35,42)(H,40,41)(H,44,45)(H,46,47)(H,33,36,43)/t22-,23+,25+/m1/s1. The zero-order chi connectivity index (χ0) is 34.2. The molecule has 0 saturated heterocycles. The van der Waals surface area contributed by atoms with Crippen molar-refractivity contribution in [2.75, 3.05) is 11.4 Å². The SMILES string of the molecule is CCCN(c1ccc(C(=O)N[C@@H](CCC(=O)N[C@H](CCC(=O)O)C(=O)O)C(=O)O)cc1)[C@H]1CCc2cc3nc(CO)[nH]c(=O)c3cc21. The Bertz CT molecular complexity index is 1720. The monoisotopic (exact) mass is 651 g/mol. The molecular formula is C32H37N5O10. The molecule has 3 atom stereocenters. The first-order valence-corrected chi connectivity index (χ1v) is 15.2. The number of amides is 2. The van der Waals surface area contributed by atoms with Gasteiger partial charge in [-0.3, -0.25) is 19.2 Å². The van der Waals surface area contributed by atoms with Crippen molar-refractivity contribution in [1.29, 1.82) is 0 Å². The van der Waals surface area contributed by atoms with Gasteiger partial charge in [-0.05, 0) is 79.6 Å². The molecule has 0 spiro atoms. The number of nitrogens with one attached hydrogen (secondary N) is 3. The van der Waals surface area contributed by atoms with Gasteiger partial charge < -0.3 is 40.9 Å². The first-order chi connectivity index (χ1) is 22.4. The number of aryl methyl sites for hydroxylation is 1. The van der Waals surface area contributed by atoms with E-state index in [1.807, 2.05) is 19.1 Å². The first kappa shape index (κ1) is 34.6. The van der Waals surface area contributed by atoms with Crippen LogP contribution < -0.4 is 21.1 Å². The number of hydrogen-bond acceptors (Lipinski definition) is 9. The Kier molecular flexibility index (Phi) is 11.3. The Morgan fingerprint density at radius 2 is 1.64 bits per heavy atom. The second-order valence-corrected chi connectivity index (χ2v) is 11.3. The quantitative estimate of drug-likeness (QED) is 0.117. The second kappa shape index (κ2) is 15.3. The molecule has 0 radical (unpaired) electrons. The van der Waals surface area contributed by atoms with Crippen LogP contribution in [-0.2, 0) is 32.2 Å². The van der Waals surface area contributed by atoms with E-state index >= 15 is 0 Å². The maximum atomic E-state index is 13.0. The number of carbonyl (C=O) groups is 5. The van der Waals surface area contributed by atoms with Crippen molar-refractivity contribution < 1.29 is 44.4 Å². The number of aliphatic hydroxyl groups is 1. The lowest BCUT2D eigenvalue weighted by Crippen LogP contribution is -2.44. The molecule has 2 aromatic carbocycles. The van der Waals surface area contributed by atoms with E-state index in [-0.39, 0.29) is 42.4 Å². The minimum atomic E-state index is -1.45. The van der Waals surface area contributed by atoms with E-state index < -0.39 is 54.6 Å². The molecule has 250 valence electrons. The summed E-state index contributed by atoms with van der Waals surface area (Å²) in [5.74, 6) is -5.29. The Morgan fingerprint density at radius 1 is 0.979 bits per heavy atom. The van der Waals surface area contributed by atoms with E-state index in [1.54, 1.807) is 24.3 Å². The number of aliphatic carboxylic acids is 3. The van der Waals surface area contributed by atoms with Gasteiger partial charge in [0.05, 0.1) is 16.9 Å². The van der Waals surface area contributed by atoms with Gasteiger partial charge in [-0.1, -0.05) is 6.92 Å². The summed E-state index contributed by atoms with van der Waals surface area (Å²) in [5, 5.41) is 42.0. The Morgan fingerprint density at radius 3 is 2.26 bits per heavy atom. The van der Waals surface area contributed by atoms with Crippen LogP contribution in [0.4, 0.5) is 5.69 Å². The van der Waals surface area contributed by atoms with Gasteiger partial charge in [-0.15, -0.1) is 0 Å². The third-order valence-corrected chi connectivity index (χ3v) is 8.06. The molecule has 0 unspecified atom stereocenters. The molecule has 0 fully saturated rings. The van der Waals surface area contributed by atoms with Gasteiger partial charge in [-0.2, -0.15) is 0 Å². The molecule has 1 aromatic heterocycles. The highest BCUT2D eigenvalue weighted by Gasteiger charge is 2.30. The fourth-order valence-electron chi connectivity index (χ4n) is 5.74. The van der Waals surface area contributed by atoms with Gasteiger partial charge in [0.2, 0.25) is 5.91 Å². The molecule has 3 aromatic rings. The lowest BCUT2D eigenvalue weighted by Gasteiger charge is -2.32. The van der Waals surface area contributed by atoms with Crippen LogP contribution in [-0.4, -0.2) is 78.7 Å². The molecular weight excluding hydrogens is 614 g/mol. The molecule has 0 saturated carbocycles. The molecule has 0 bridgehead atoms. The van der Waals surface area contributed by atoms with E-state index in [2.05, 4.69) is 25.5 Å². The van der Waals surface area contributed by atoms with Crippen LogP contribution >= 0.6 is 0 Å². The smallest absolute Gasteiger partial charge is 0.326 e. The average Bonchev–Trinajstić information content (AvgIpc) is 3.44. The zero-order valence-corrected chi connectivity index (χ0v) is 25.7. The number of carboxylic acids is 3. The van der Waals surface area contributed by atoms with Crippen molar-refractivity contribution in [3.63, 3.8) is 0 Å². The van der Waals surface area contributed by atoms with Gasteiger partial charge in [-0.25, -0.2) is 14.6 Å². The summed E-state index contributed by atoms with van der Waals surface area (Å²) in [6, 6.07) is 7.48. The summed E-state index contributed by atoms with van der Waals surface area (Å²) >= 11 is 0. The summed E-state index contributed by atoms with van der Waals surface area (Å²) in [6.07, 6.45) is 0.834. The minimum Gasteiger partial charge on any atom is -0.481 e. The highest BCUT2D eigenvalue weighted by molar-refractivity contribution is 5.97. The third-order valence-electron chi connectivity index (χ3n) is 8.06.